The summed E-state index contributed by atoms with van der Waals surface area (Å²) < 4.78 is 44.8. The average molecular weight is 455 g/mol. The molecule has 10 heteroatoms. The van der Waals surface area contributed by atoms with E-state index >= 15 is 0 Å². The fourth-order valence-electron chi connectivity index (χ4n) is 4.53. The van der Waals surface area contributed by atoms with Crippen LogP contribution in [0.3, 0.4) is 0 Å². The van der Waals surface area contributed by atoms with Crippen LogP contribution in [-0.2, 0) is 13.2 Å². The third-order valence-corrected chi connectivity index (χ3v) is 6.38. The van der Waals surface area contributed by atoms with Gasteiger partial charge in [-0.1, -0.05) is 18.6 Å². The molecule has 4 aromatic rings. The van der Waals surface area contributed by atoms with Crippen LogP contribution in [0.1, 0.15) is 52.5 Å². The summed E-state index contributed by atoms with van der Waals surface area (Å²) in [5.41, 5.74) is -0.905. The van der Waals surface area contributed by atoms with Crippen LogP contribution in [0.25, 0.3) is 11.2 Å². The largest absolute Gasteiger partial charge is 0.418 e. The fourth-order valence-corrected chi connectivity index (χ4v) is 4.53. The van der Waals surface area contributed by atoms with Gasteiger partial charge in [-0.3, -0.25) is 13.8 Å². The van der Waals surface area contributed by atoms with Gasteiger partial charge in [0, 0.05) is 30.9 Å². The van der Waals surface area contributed by atoms with Gasteiger partial charge in [-0.2, -0.15) is 13.2 Å². The van der Waals surface area contributed by atoms with Crippen molar-refractivity contribution >= 4 is 11.8 Å². The van der Waals surface area contributed by atoms with Gasteiger partial charge in [0.1, 0.15) is 12.2 Å². The number of benzene rings is 1. The van der Waals surface area contributed by atoms with Crippen molar-refractivity contribution in [1.29, 1.82) is 0 Å². The number of imidazole rings is 1. The Bertz CT molecular complexity index is 1410. The van der Waals surface area contributed by atoms with Crippen molar-refractivity contribution in [1.82, 2.24) is 23.7 Å². The van der Waals surface area contributed by atoms with Crippen LogP contribution in [0.15, 0.2) is 53.8 Å². The number of nitrogens with zero attached hydrogens (tertiary/aromatic N) is 5. The second kappa shape index (κ2) is 7.72. The van der Waals surface area contributed by atoms with Gasteiger partial charge in [-0.05, 0) is 42.5 Å². The average Bonchev–Trinajstić information content (AvgIpc) is 3.32. The first-order valence-electron chi connectivity index (χ1n) is 10.5. The van der Waals surface area contributed by atoms with E-state index in [1.54, 1.807) is 18.5 Å². The number of carbonyl (C=O) groups is 1. The zero-order chi connectivity index (χ0) is 23.3. The Kier molecular flexibility index (Phi) is 4.95. The first-order valence-corrected chi connectivity index (χ1v) is 10.5. The molecule has 0 saturated heterocycles. The van der Waals surface area contributed by atoms with E-state index in [1.807, 2.05) is 23.7 Å². The number of rotatable bonds is 5. The highest BCUT2D eigenvalue weighted by atomic mass is 19.4. The molecule has 0 radical (unpaired) electrons. The smallest absolute Gasteiger partial charge is 0.320 e. The maximum absolute atomic E-state index is 13.6. The Hall–Kier alpha value is -3.69. The van der Waals surface area contributed by atoms with Gasteiger partial charge in [0.15, 0.2) is 6.29 Å². The van der Waals surface area contributed by atoms with Gasteiger partial charge in [-0.25, -0.2) is 4.79 Å². The van der Waals surface area contributed by atoms with E-state index in [2.05, 4.69) is 10.2 Å². The predicted octanol–water partition coefficient (Wildman–Crippen LogP) is 3.98. The Balaban J connectivity index is 1.67. The number of aldehydes is 1. The highest BCUT2D eigenvalue weighted by Gasteiger charge is 2.35. The summed E-state index contributed by atoms with van der Waals surface area (Å²) in [4.78, 5) is 24.2. The quantitative estimate of drug-likeness (QED) is 0.427. The molecule has 1 saturated carbocycles. The zero-order valence-corrected chi connectivity index (χ0v) is 17.7. The molecular weight excluding hydrogens is 435 g/mol. The van der Waals surface area contributed by atoms with Gasteiger partial charge in [0.05, 0.1) is 16.8 Å². The molecular formula is C23H20F3N5O2. The van der Waals surface area contributed by atoms with Gasteiger partial charge in [0.2, 0.25) is 0 Å². The van der Waals surface area contributed by atoms with Crippen LogP contribution < -0.4 is 5.69 Å². The topological polar surface area (TPSA) is 74.2 Å². The number of aryl methyl sites for hydroxylation is 1. The van der Waals surface area contributed by atoms with Crippen molar-refractivity contribution < 1.29 is 18.0 Å². The molecule has 7 nitrogen and oxygen atoms in total. The van der Waals surface area contributed by atoms with E-state index in [0.29, 0.717) is 17.9 Å². The summed E-state index contributed by atoms with van der Waals surface area (Å²) in [6.45, 7) is 0. The van der Waals surface area contributed by atoms with Crippen molar-refractivity contribution in [3.05, 3.63) is 82.1 Å². The second-order valence-electron chi connectivity index (χ2n) is 8.40. The van der Waals surface area contributed by atoms with Crippen LogP contribution in [0, 0.1) is 5.92 Å². The Labute approximate surface area is 186 Å². The van der Waals surface area contributed by atoms with Crippen molar-refractivity contribution in [3.8, 4) is 5.69 Å². The first kappa shape index (κ1) is 21.2. The predicted molar refractivity (Wildman–Crippen MR) is 114 cm³/mol. The lowest BCUT2D eigenvalue weighted by Crippen LogP contribution is -2.24. The molecule has 0 aliphatic heterocycles. The summed E-state index contributed by atoms with van der Waals surface area (Å²) in [5, 5.41) is 8.29. The molecule has 33 heavy (non-hydrogen) atoms. The molecule has 1 fully saturated rings. The van der Waals surface area contributed by atoms with Crippen LogP contribution >= 0.6 is 0 Å². The van der Waals surface area contributed by atoms with Gasteiger partial charge in [-0.15, -0.1) is 10.2 Å². The van der Waals surface area contributed by atoms with Crippen LogP contribution in [0.2, 0.25) is 0 Å². The molecule has 3 heterocycles. The lowest BCUT2D eigenvalue weighted by Gasteiger charge is -2.33. The van der Waals surface area contributed by atoms with Crippen LogP contribution in [-0.4, -0.2) is 30.0 Å². The number of aromatic nitrogens is 5. The lowest BCUT2D eigenvalue weighted by molar-refractivity contribution is -0.136. The Morgan fingerprint density at radius 1 is 1.18 bits per heavy atom. The Morgan fingerprint density at radius 2 is 1.97 bits per heavy atom. The molecule has 1 aliphatic carbocycles. The Morgan fingerprint density at radius 3 is 2.58 bits per heavy atom. The monoisotopic (exact) mass is 455 g/mol. The molecule has 1 atom stereocenters. The molecule has 1 unspecified atom stereocenters. The van der Waals surface area contributed by atoms with E-state index < -0.39 is 17.4 Å². The van der Waals surface area contributed by atoms with E-state index in [0.717, 1.165) is 47.3 Å². The highest BCUT2D eigenvalue weighted by Crippen LogP contribution is 2.43. The van der Waals surface area contributed by atoms with Crippen molar-refractivity contribution in [2.24, 2.45) is 13.0 Å². The molecule has 0 amide bonds. The first-order chi connectivity index (χ1) is 15.8. The normalized spacial score (nSPS) is 15.5. The minimum atomic E-state index is -4.72. The lowest BCUT2D eigenvalue weighted by atomic mass is 9.72. The number of fused-ring (bicyclic) bond motifs is 1. The minimum Gasteiger partial charge on any atom is -0.320 e. The molecule has 170 valence electrons. The van der Waals surface area contributed by atoms with Crippen molar-refractivity contribution in [2.45, 2.75) is 31.4 Å². The number of hydrogen-bond donors (Lipinski definition) is 0. The summed E-state index contributed by atoms with van der Waals surface area (Å²) >= 11 is 0. The maximum Gasteiger partial charge on any atom is 0.418 e. The van der Waals surface area contributed by atoms with Gasteiger partial charge < -0.3 is 4.57 Å². The van der Waals surface area contributed by atoms with E-state index in [4.69, 9.17) is 0 Å². The summed E-state index contributed by atoms with van der Waals surface area (Å²) in [5.74, 6) is 1.15. The number of alkyl halides is 3. The third kappa shape index (κ3) is 3.55. The number of carbonyl (C=O) groups excluding carboxylic acids is 1. The van der Waals surface area contributed by atoms with E-state index in [9.17, 15) is 22.8 Å². The van der Waals surface area contributed by atoms with E-state index in [-0.39, 0.29) is 17.0 Å². The fraction of sp³-hybridized carbons (Fsp3) is 0.304. The molecule has 1 aromatic carbocycles. The van der Waals surface area contributed by atoms with E-state index in [1.165, 1.54) is 10.8 Å². The van der Waals surface area contributed by atoms with Crippen LogP contribution in [0.4, 0.5) is 13.2 Å². The summed E-state index contributed by atoms with van der Waals surface area (Å²) in [7, 11) is 1.87. The molecule has 1 aliphatic rings. The molecule has 0 spiro atoms. The molecule has 5 rings (SSSR count). The molecule has 3 aromatic heterocycles. The molecule has 0 N–H and O–H groups in total. The number of halogens is 3. The summed E-state index contributed by atoms with van der Waals surface area (Å²) in [6.07, 6.45) is 2.72. The number of pyridine rings is 1. The standard InChI is InChI=1S/C23H20F3N5O2/c1-29-13-27-28-21(29)20(15-4-2-5-15)16-6-3-7-17(9-16)30-11-19-18(23(24,25)26)8-14(12-32)10-31(19)22(30)33/h3,6-13,15,20H,2,4-5H2,1H3. The van der Waals surface area contributed by atoms with Crippen molar-refractivity contribution in [2.75, 3.05) is 0 Å². The molecule has 0 bridgehead atoms. The second-order valence-corrected chi connectivity index (χ2v) is 8.40. The van der Waals surface area contributed by atoms with Crippen molar-refractivity contribution in [3.63, 3.8) is 0 Å². The summed E-state index contributed by atoms with van der Waals surface area (Å²) in [6, 6.07) is 7.96. The highest BCUT2D eigenvalue weighted by molar-refractivity contribution is 5.76. The minimum absolute atomic E-state index is 0.0358. The SMILES string of the molecule is Cn1cnnc1C(c1cccc(-n2cc3c(C(F)(F)F)cc(C=O)cn3c2=O)c1)C1CCC1. The number of hydrogen-bond acceptors (Lipinski definition) is 4. The van der Waals surface area contributed by atoms with Gasteiger partial charge in [0.25, 0.3) is 0 Å². The zero-order valence-electron chi connectivity index (χ0n) is 17.7. The van der Waals surface area contributed by atoms with Gasteiger partial charge >= 0.3 is 11.9 Å². The third-order valence-electron chi connectivity index (χ3n) is 6.38. The van der Waals surface area contributed by atoms with Crippen LogP contribution in [0.5, 0.6) is 0 Å². The maximum atomic E-state index is 13.6.